The van der Waals surface area contributed by atoms with Crippen molar-refractivity contribution in [3.63, 3.8) is 0 Å². The molecular formula is C10H12BrN. The Morgan fingerprint density at radius 3 is 3.08 bits per heavy atom. The highest BCUT2D eigenvalue weighted by molar-refractivity contribution is 9.10. The van der Waals surface area contributed by atoms with Gasteiger partial charge in [0.2, 0.25) is 0 Å². The first-order valence-electron chi connectivity index (χ1n) is 4.31. The van der Waals surface area contributed by atoms with Gasteiger partial charge in [-0.05, 0) is 39.9 Å². The fourth-order valence-corrected chi connectivity index (χ4v) is 2.23. The highest BCUT2D eigenvalue weighted by Crippen LogP contribution is 2.35. The molecule has 1 unspecified atom stereocenters. The van der Waals surface area contributed by atoms with Gasteiger partial charge in [0.25, 0.3) is 0 Å². The first-order valence-corrected chi connectivity index (χ1v) is 5.10. The van der Waals surface area contributed by atoms with Crippen molar-refractivity contribution >= 4 is 21.6 Å². The zero-order chi connectivity index (χ0) is 8.55. The van der Waals surface area contributed by atoms with Crippen molar-refractivity contribution in [3.8, 4) is 0 Å². The molecule has 2 rings (SSSR count). The van der Waals surface area contributed by atoms with E-state index in [1.807, 2.05) is 0 Å². The number of hydrogen-bond donors (Lipinski definition) is 1. The van der Waals surface area contributed by atoms with Crippen molar-refractivity contribution in [2.24, 2.45) is 0 Å². The molecule has 1 nitrogen and oxygen atoms in total. The molecule has 0 aliphatic carbocycles. The minimum Gasteiger partial charge on any atom is -0.384 e. The molecule has 0 spiro atoms. The molecule has 1 aliphatic rings. The maximum absolute atomic E-state index is 3.55. The molecule has 1 heterocycles. The third-order valence-corrected chi connectivity index (χ3v) is 3.12. The van der Waals surface area contributed by atoms with Crippen molar-refractivity contribution in [3.05, 3.63) is 28.2 Å². The third kappa shape index (κ3) is 1.24. The molecule has 2 heteroatoms. The van der Waals surface area contributed by atoms with Crippen LogP contribution in [-0.2, 0) is 0 Å². The summed E-state index contributed by atoms with van der Waals surface area (Å²) < 4.78 is 1.19. The van der Waals surface area contributed by atoms with Gasteiger partial charge in [-0.25, -0.2) is 0 Å². The van der Waals surface area contributed by atoms with E-state index in [0.717, 1.165) is 6.54 Å². The van der Waals surface area contributed by atoms with Crippen LogP contribution in [0.1, 0.15) is 24.8 Å². The monoisotopic (exact) mass is 225 g/mol. The van der Waals surface area contributed by atoms with Crippen molar-refractivity contribution in [2.45, 2.75) is 19.3 Å². The van der Waals surface area contributed by atoms with E-state index < -0.39 is 0 Å². The number of rotatable bonds is 0. The van der Waals surface area contributed by atoms with Gasteiger partial charge < -0.3 is 5.32 Å². The SMILES string of the molecule is CC1CCNc2c(Br)cccc21. The fourth-order valence-electron chi connectivity index (χ4n) is 1.71. The van der Waals surface area contributed by atoms with Crippen molar-refractivity contribution in [2.75, 3.05) is 11.9 Å². The van der Waals surface area contributed by atoms with Gasteiger partial charge in [0.05, 0.1) is 5.69 Å². The van der Waals surface area contributed by atoms with Crippen LogP contribution >= 0.6 is 15.9 Å². The topological polar surface area (TPSA) is 12.0 Å². The minimum absolute atomic E-state index is 0.693. The molecule has 0 amide bonds. The summed E-state index contributed by atoms with van der Waals surface area (Å²) in [6.45, 7) is 3.38. The molecule has 1 aromatic carbocycles. The van der Waals surface area contributed by atoms with E-state index in [1.54, 1.807) is 0 Å². The van der Waals surface area contributed by atoms with E-state index >= 15 is 0 Å². The van der Waals surface area contributed by atoms with Gasteiger partial charge in [0, 0.05) is 11.0 Å². The Balaban J connectivity index is 2.52. The van der Waals surface area contributed by atoms with E-state index in [-0.39, 0.29) is 0 Å². The predicted octanol–water partition coefficient (Wildman–Crippen LogP) is 3.37. The summed E-state index contributed by atoms with van der Waals surface area (Å²) in [5.74, 6) is 0.693. The van der Waals surface area contributed by atoms with E-state index in [9.17, 15) is 0 Å². The Labute approximate surface area is 81.3 Å². The molecule has 1 N–H and O–H groups in total. The first kappa shape index (κ1) is 8.11. The van der Waals surface area contributed by atoms with Crippen LogP contribution in [0.5, 0.6) is 0 Å². The molecule has 0 bridgehead atoms. The van der Waals surface area contributed by atoms with E-state index in [0.29, 0.717) is 5.92 Å². The van der Waals surface area contributed by atoms with Gasteiger partial charge in [-0.1, -0.05) is 19.1 Å². The number of halogens is 1. The van der Waals surface area contributed by atoms with Gasteiger partial charge in [0.1, 0.15) is 0 Å². The molecule has 0 aromatic heterocycles. The van der Waals surface area contributed by atoms with Gasteiger partial charge in [-0.3, -0.25) is 0 Å². The van der Waals surface area contributed by atoms with Crippen LogP contribution in [0.15, 0.2) is 22.7 Å². The second-order valence-electron chi connectivity index (χ2n) is 3.32. The molecule has 1 aromatic rings. The molecule has 0 saturated heterocycles. The molecule has 0 radical (unpaired) electrons. The van der Waals surface area contributed by atoms with Crippen molar-refractivity contribution in [1.29, 1.82) is 0 Å². The average molecular weight is 226 g/mol. The average Bonchev–Trinajstić information content (AvgIpc) is 2.07. The van der Waals surface area contributed by atoms with Crippen molar-refractivity contribution in [1.82, 2.24) is 0 Å². The Kier molecular flexibility index (Phi) is 2.09. The molecule has 64 valence electrons. The van der Waals surface area contributed by atoms with Gasteiger partial charge in [0.15, 0.2) is 0 Å². The highest BCUT2D eigenvalue weighted by Gasteiger charge is 2.16. The lowest BCUT2D eigenvalue weighted by Gasteiger charge is -2.24. The molecule has 1 aliphatic heterocycles. The number of nitrogens with one attached hydrogen (secondary N) is 1. The van der Waals surface area contributed by atoms with Crippen LogP contribution < -0.4 is 5.32 Å². The predicted molar refractivity (Wildman–Crippen MR) is 55.7 cm³/mol. The van der Waals surface area contributed by atoms with Gasteiger partial charge in [-0.15, -0.1) is 0 Å². The van der Waals surface area contributed by atoms with Crippen molar-refractivity contribution < 1.29 is 0 Å². The first-order chi connectivity index (χ1) is 5.79. The Bertz CT molecular complexity index is 296. The smallest absolute Gasteiger partial charge is 0.0519 e. The zero-order valence-corrected chi connectivity index (χ0v) is 8.69. The molecule has 12 heavy (non-hydrogen) atoms. The lowest BCUT2D eigenvalue weighted by atomic mass is 9.93. The normalized spacial score (nSPS) is 21.3. The van der Waals surface area contributed by atoms with Crippen LogP contribution in [0.3, 0.4) is 0 Å². The summed E-state index contributed by atoms with van der Waals surface area (Å²) in [6.07, 6.45) is 1.24. The maximum Gasteiger partial charge on any atom is 0.0519 e. The summed E-state index contributed by atoms with van der Waals surface area (Å²) in [5, 5.41) is 3.41. The van der Waals surface area contributed by atoms with E-state index in [1.165, 1.54) is 22.1 Å². The second kappa shape index (κ2) is 3.09. The second-order valence-corrected chi connectivity index (χ2v) is 4.17. The van der Waals surface area contributed by atoms with E-state index in [2.05, 4.69) is 46.4 Å². The third-order valence-electron chi connectivity index (χ3n) is 2.46. The Morgan fingerprint density at radius 2 is 2.33 bits per heavy atom. The Hall–Kier alpha value is -0.500. The van der Waals surface area contributed by atoms with Crippen LogP contribution in [0.25, 0.3) is 0 Å². The molecule has 0 saturated carbocycles. The maximum atomic E-state index is 3.55. The summed E-state index contributed by atoms with van der Waals surface area (Å²) in [5.41, 5.74) is 2.73. The number of para-hydroxylation sites is 1. The van der Waals surface area contributed by atoms with Crippen LogP contribution in [0, 0.1) is 0 Å². The lowest BCUT2D eigenvalue weighted by molar-refractivity contribution is 0.683. The fraction of sp³-hybridized carbons (Fsp3) is 0.400. The number of anilines is 1. The van der Waals surface area contributed by atoms with E-state index in [4.69, 9.17) is 0 Å². The lowest BCUT2D eigenvalue weighted by Crippen LogP contribution is -2.15. The highest BCUT2D eigenvalue weighted by atomic mass is 79.9. The largest absolute Gasteiger partial charge is 0.384 e. The summed E-state index contributed by atoms with van der Waals surface area (Å²) >= 11 is 3.55. The van der Waals surface area contributed by atoms with Gasteiger partial charge >= 0.3 is 0 Å². The standard InChI is InChI=1S/C10H12BrN/c1-7-5-6-12-10-8(7)3-2-4-9(10)11/h2-4,7,12H,5-6H2,1H3. The zero-order valence-electron chi connectivity index (χ0n) is 7.10. The summed E-state index contributed by atoms with van der Waals surface area (Å²) in [4.78, 5) is 0. The Morgan fingerprint density at radius 1 is 1.50 bits per heavy atom. The van der Waals surface area contributed by atoms with Crippen LogP contribution in [-0.4, -0.2) is 6.54 Å². The quantitative estimate of drug-likeness (QED) is 0.715. The van der Waals surface area contributed by atoms with Crippen LogP contribution in [0.2, 0.25) is 0 Å². The molecule has 1 atom stereocenters. The summed E-state index contributed by atoms with van der Waals surface area (Å²) in [6, 6.07) is 6.40. The number of fused-ring (bicyclic) bond motifs is 1. The van der Waals surface area contributed by atoms with Gasteiger partial charge in [-0.2, -0.15) is 0 Å². The minimum atomic E-state index is 0.693. The molecular weight excluding hydrogens is 214 g/mol. The summed E-state index contributed by atoms with van der Waals surface area (Å²) in [7, 11) is 0. The molecule has 0 fully saturated rings. The number of hydrogen-bond acceptors (Lipinski definition) is 1. The van der Waals surface area contributed by atoms with Crippen LogP contribution in [0.4, 0.5) is 5.69 Å². The number of benzene rings is 1.